The molecule has 0 amide bonds. The molecule has 0 aromatic heterocycles. The molecule has 4 N–H and O–H groups in total. The quantitative estimate of drug-likeness (QED) is 0.154. The second-order valence-corrected chi connectivity index (χ2v) is 7.69. The van der Waals surface area contributed by atoms with Crippen molar-refractivity contribution in [2.45, 2.75) is 117 Å². The van der Waals surface area contributed by atoms with Gasteiger partial charge in [0.15, 0.2) is 0 Å². The van der Waals surface area contributed by atoms with Crippen LogP contribution < -0.4 is 0 Å². The van der Waals surface area contributed by atoms with Crippen LogP contribution in [0.3, 0.4) is 0 Å². The van der Waals surface area contributed by atoms with Gasteiger partial charge in [0.1, 0.15) is 0 Å². The Hall–Kier alpha value is 0.790. The summed E-state index contributed by atoms with van der Waals surface area (Å²) in [7, 11) is -4.67. The summed E-state index contributed by atoms with van der Waals surface area (Å²) in [6.45, 7) is 4.59. The molecule has 0 spiro atoms. The summed E-state index contributed by atoms with van der Waals surface area (Å²) in [6.07, 6.45) is 22.2. The SMILES string of the molecule is CCCCCCCCCCCCCCCCCCO.CCO.O=S(=O)(O)O.[NaH]. The molecule has 28 heavy (non-hydrogen) atoms. The van der Waals surface area contributed by atoms with Gasteiger partial charge >= 0.3 is 40.0 Å². The molecule has 170 valence electrons. The van der Waals surface area contributed by atoms with E-state index in [9.17, 15) is 0 Å². The third-order valence-electron chi connectivity index (χ3n) is 4.01. The van der Waals surface area contributed by atoms with Gasteiger partial charge in [-0.25, -0.2) is 0 Å². The molecule has 0 rings (SSSR count). The van der Waals surface area contributed by atoms with Crippen molar-refractivity contribution in [1.29, 1.82) is 0 Å². The second-order valence-electron chi connectivity index (χ2n) is 6.79. The Morgan fingerprint density at radius 1 is 0.536 bits per heavy atom. The number of aliphatic hydroxyl groups is 2. The van der Waals surface area contributed by atoms with Crippen molar-refractivity contribution in [3.8, 4) is 0 Å². The summed E-state index contributed by atoms with van der Waals surface area (Å²) in [5.41, 5.74) is 0. The predicted octanol–water partition coefficient (Wildman–Crippen LogP) is 4.94. The fourth-order valence-electron chi connectivity index (χ4n) is 2.66. The minimum atomic E-state index is -4.67. The van der Waals surface area contributed by atoms with E-state index in [2.05, 4.69) is 6.92 Å². The summed E-state index contributed by atoms with van der Waals surface area (Å²) >= 11 is 0. The molecular weight excluding hydrogens is 391 g/mol. The van der Waals surface area contributed by atoms with Crippen molar-refractivity contribution in [1.82, 2.24) is 0 Å². The van der Waals surface area contributed by atoms with E-state index in [4.69, 9.17) is 27.7 Å². The molecule has 0 saturated heterocycles. The van der Waals surface area contributed by atoms with Gasteiger partial charge in [-0.2, -0.15) is 8.42 Å². The first-order valence-electron chi connectivity index (χ1n) is 10.7. The first-order valence-corrected chi connectivity index (χ1v) is 12.1. The molecule has 0 aliphatic rings. The number of hydrogen-bond donors (Lipinski definition) is 4. The molecule has 0 heterocycles. The van der Waals surface area contributed by atoms with Crippen molar-refractivity contribution in [2.75, 3.05) is 13.2 Å². The zero-order valence-electron chi connectivity index (χ0n) is 17.7. The fraction of sp³-hybridized carbons (Fsp3) is 1.00. The van der Waals surface area contributed by atoms with Gasteiger partial charge in [-0.15, -0.1) is 0 Å². The average Bonchev–Trinajstić information content (AvgIpc) is 2.58. The van der Waals surface area contributed by atoms with Crippen LogP contribution in [0.1, 0.15) is 117 Å². The van der Waals surface area contributed by atoms with Crippen molar-refractivity contribution in [2.24, 2.45) is 0 Å². The number of hydrogen-bond acceptors (Lipinski definition) is 4. The van der Waals surface area contributed by atoms with E-state index in [0.29, 0.717) is 6.61 Å². The molecule has 0 aromatic rings. The first-order chi connectivity index (χ1) is 12.8. The Bertz CT molecular complexity index is 316. The number of rotatable bonds is 16. The van der Waals surface area contributed by atoms with E-state index in [1.54, 1.807) is 6.92 Å². The Balaban J connectivity index is -0.000000270. The molecular formula is C20H47NaO6S. The van der Waals surface area contributed by atoms with Gasteiger partial charge in [0.25, 0.3) is 0 Å². The van der Waals surface area contributed by atoms with Gasteiger partial charge in [-0.05, 0) is 13.3 Å². The molecule has 8 heteroatoms. The van der Waals surface area contributed by atoms with Gasteiger partial charge in [-0.3, -0.25) is 9.11 Å². The zero-order valence-corrected chi connectivity index (χ0v) is 18.6. The Labute approximate surface area is 196 Å². The normalized spacial score (nSPS) is 10.2. The van der Waals surface area contributed by atoms with Crippen molar-refractivity contribution in [3.05, 3.63) is 0 Å². The van der Waals surface area contributed by atoms with E-state index in [1.807, 2.05) is 0 Å². The van der Waals surface area contributed by atoms with Crippen LogP contribution in [0.15, 0.2) is 0 Å². The number of aliphatic hydroxyl groups excluding tert-OH is 2. The van der Waals surface area contributed by atoms with E-state index in [1.165, 1.54) is 96.3 Å². The number of unbranched alkanes of at least 4 members (excludes halogenated alkanes) is 15. The van der Waals surface area contributed by atoms with Gasteiger partial charge in [0.2, 0.25) is 0 Å². The molecule has 0 radical (unpaired) electrons. The topological polar surface area (TPSA) is 115 Å². The molecule has 0 aliphatic carbocycles. The second kappa shape index (κ2) is 32.5. The van der Waals surface area contributed by atoms with Gasteiger partial charge in [0.05, 0.1) is 0 Å². The van der Waals surface area contributed by atoms with Crippen molar-refractivity contribution < 1.29 is 27.7 Å². The van der Waals surface area contributed by atoms with Crippen molar-refractivity contribution >= 4 is 40.0 Å². The van der Waals surface area contributed by atoms with Crippen molar-refractivity contribution in [3.63, 3.8) is 0 Å². The van der Waals surface area contributed by atoms with E-state index < -0.39 is 10.4 Å². The van der Waals surface area contributed by atoms with Gasteiger partial charge < -0.3 is 10.2 Å². The molecule has 6 nitrogen and oxygen atoms in total. The van der Waals surface area contributed by atoms with Crippen LogP contribution in [0.5, 0.6) is 0 Å². The van der Waals surface area contributed by atoms with E-state index in [-0.39, 0.29) is 36.2 Å². The van der Waals surface area contributed by atoms with Crippen LogP contribution in [0.25, 0.3) is 0 Å². The third-order valence-corrected chi connectivity index (χ3v) is 4.01. The molecule has 0 fully saturated rings. The molecule has 0 aliphatic heterocycles. The molecule has 0 aromatic carbocycles. The minimum absolute atomic E-state index is 0. The first kappa shape index (κ1) is 36.2. The Kier molecular flexibility index (Phi) is 41.9. The summed E-state index contributed by atoms with van der Waals surface area (Å²) in [6, 6.07) is 0. The predicted molar refractivity (Wildman–Crippen MR) is 121 cm³/mol. The summed E-state index contributed by atoms with van der Waals surface area (Å²) in [5.74, 6) is 0. The van der Waals surface area contributed by atoms with Gasteiger partial charge in [0, 0.05) is 13.2 Å². The van der Waals surface area contributed by atoms with Gasteiger partial charge in [-0.1, -0.05) is 103 Å². The summed E-state index contributed by atoms with van der Waals surface area (Å²) in [5, 5.41) is 16.2. The van der Waals surface area contributed by atoms with E-state index in [0.717, 1.165) is 6.42 Å². The van der Waals surface area contributed by atoms with E-state index >= 15 is 0 Å². The maximum absolute atomic E-state index is 8.74. The zero-order chi connectivity index (χ0) is 21.2. The van der Waals surface area contributed by atoms with Crippen LogP contribution >= 0.6 is 0 Å². The molecule has 0 bridgehead atoms. The monoisotopic (exact) mass is 438 g/mol. The molecule has 0 atom stereocenters. The Morgan fingerprint density at radius 3 is 0.893 bits per heavy atom. The molecule has 0 saturated carbocycles. The molecule has 0 unspecified atom stereocenters. The maximum atomic E-state index is 8.74. The fourth-order valence-corrected chi connectivity index (χ4v) is 2.66. The third kappa shape index (κ3) is 63.2. The van der Waals surface area contributed by atoms with Crippen LogP contribution in [-0.4, -0.2) is 70.5 Å². The summed E-state index contributed by atoms with van der Waals surface area (Å²) in [4.78, 5) is 0. The summed E-state index contributed by atoms with van der Waals surface area (Å²) < 4.78 is 31.6. The van der Waals surface area contributed by atoms with Crippen LogP contribution in [0, 0.1) is 0 Å². The standard InChI is InChI=1S/C18H38O.C2H6O.Na.H2O4S.H/c1-2-3-4-5-6-7-8-9-10-11-12-13-14-15-16-17-18-19;1-2-3;;1-5(2,3)4;/h19H,2-18H2,1H3;3H,2H2,1H3;;(H2,1,2,3,4);. The Morgan fingerprint density at radius 2 is 0.714 bits per heavy atom. The van der Waals surface area contributed by atoms with Crippen LogP contribution in [0.2, 0.25) is 0 Å². The average molecular weight is 439 g/mol. The van der Waals surface area contributed by atoms with Crippen LogP contribution in [0.4, 0.5) is 0 Å². The van der Waals surface area contributed by atoms with Crippen LogP contribution in [-0.2, 0) is 10.4 Å².